The number of rotatable bonds is 4. The summed E-state index contributed by atoms with van der Waals surface area (Å²) in [5.74, 6) is 2.29. The van der Waals surface area contributed by atoms with Crippen LogP contribution in [0.1, 0.15) is 31.0 Å². The third kappa shape index (κ3) is 2.23. The van der Waals surface area contributed by atoms with E-state index >= 15 is 0 Å². The predicted octanol–water partition coefficient (Wildman–Crippen LogP) is 2.73. The van der Waals surface area contributed by atoms with E-state index < -0.39 is 0 Å². The van der Waals surface area contributed by atoms with E-state index in [1.165, 1.54) is 0 Å². The van der Waals surface area contributed by atoms with Gasteiger partial charge in [-0.3, -0.25) is 0 Å². The highest BCUT2D eigenvalue weighted by molar-refractivity contribution is 5.75. The maximum atomic E-state index is 5.47. The van der Waals surface area contributed by atoms with Gasteiger partial charge in [0.2, 0.25) is 11.8 Å². The average Bonchev–Trinajstić information content (AvgIpc) is 2.96. The van der Waals surface area contributed by atoms with Crippen LogP contribution in [0, 0.1) is 6.92 Å². The number of aryl methyl sites for hydroxylation is 2. The zero-order chi connectivity index (χ0) is 13.2. The summed E-state index contributed by atoms with van der Waals surface area (Å²) in [4.78, 5) is 4.68. The van der Waals surface area contributed by atoms with Crippen molar-refractivity contribution in [1.29, 1.82) is 0 Å². The summed E-state index contributed by atoms with van der Waals surface area (Å²) >= 11 is 0. The molecule has 0 amide bonds. The van der Waals surface area contributed by atoms with Crippen molar-refractivity contribution in [3.8, 4) is 0 Å². The number of para-hydroxylation sites is 2. The van der Waals surface area contributed by atoms with Gasteiger partial charge in [-0.2, -0.15) is 0 Å². The molecule has 0 aliphatic heterocycles. The van der Waals surface area contributed by atoms with E-state index in [9.17, 15) is 0 Å². The lowest BCUT2D eigenvalue weighted by Gasteiger charge is -2.05. The molecule has 0 N–H and O–H groups in total. The van der Waals surface area contributed by atoms with Crippen LogP contribution in [0.25, 0.3) is 11.0 Å². The first kappa shape index (κ1) is 11.9. The van der Waals surface area contributed by atoms with E-state index in [0.29, 0.717) is 18.3 Å². The highest BCUT2D eigenvalue weighted by Gasteiger charge is 2.12. The highest BCUT2D eigenvalue weighted by Crippen LogP contribution is 2.18. The van der Waals surface area contributed by atoms with Crippen LogP contribution in [0.4, 0.5) is 0 Å². The summed E-state index contributed by atoms with van der Waals surface area (Å²) in [6.07, 6.45) is 2.01. The number of imidazole rings is 1. The Kier molecular flexibility index (Phi) is 3.03. The van der Waals surface area contributed by atoms with Crippen molar-refractivity contribution in [2.75, 3.05) is 0 Å². The number of hydrogen-bond donors (Lipinski definition) is 0. The van der Waals surface area contributed by atoms with Crippen LogP contribution in [0.2, 0.25) is 0 Å². The van der Waals surface area contributed by atoms with Crippen molar-refractivity contribution < 1.29 is 4.42 Å². The Bertz CT molecular complexity index is 698. The molecule has 2 heterocycles. The fraction of sp³-hybridized carbons (Fsp3) is 0.357. The summed E-state index contributed by atoms with van der Waals surface area (Å²) in [6.45, 7) is 4.53. The van der Waals surface area contributed by atoms with Gasteiger partial charge in [-0.25, -0.2) is 4.98 Å². The van der Waals surface area contributed by atoms with E-state index in [0.717, 1.165) is 29.7 Å². The molecule has 3 rings (SSSR count). The quantitative estimate of drug-likeness (QED) is 0.720. The van der Waals surface area contributed by atoms with Gasteiger partial charge in [0.1, 0.15) is 12.4 Å². The molecule has 5 heteroatoms. The first-order valence-electron chi connectivity index (χ1n) is 6.51. The molecule has 0 aliphatic rings. The number of fused-ring (bicyclic) bond motifs is 1. The van der Waals surface area contributed by atoms with Crippen molar-refractivity contribution in [2.45, 2.75) is 33.2 Å². The van der Waals surface area contributed by atoms with Gasteiger partial charge in [-0.1, -0.05) is 19.1 Å². The monoisotopic (exact) mass is 256 g/mol. The van der Waals surface area contributed by atoms with E-state index in [-0.39, 0.29) is 0 Å². The van der Waals surface area contributed by atoms with Gasteiger partial charge in [-0.15, -0.1) is 10.2 Å². The number of nitrogens with zero attached hydrogens (tertiary/aromatic N) is 4. The molecule has 0 unspecified atom stereocenters. The van der Waals surface area contributed by atoms with Gasteiger partial charge in [0.25, 0.3) is 0 Å². The molecule has 19 heavy (non-hydrogen) atoms. The minimum absolute atomic E-state index is 0.580. The minimum Gasteiger partial charge on any atom is -0.424 e. The molecular weight excluding hydrogens is 240 g/mol. The minimum atomic E-state index is 0.580. The third-order valence-electron chi connectivity index (χ3n) is 3.07. The standard InChI is InChI=1S/C14H16N4O/c1-3-6-13-15-11-7-4-5-8-12(11)18(13)9-14-17-16-10(2)19-14/h4-5,7-8H,3,6,9H2,1-2H3. The highest BCUT2D eigenvalue weighted by atomic mass is 16.4. The zero-order valence-corrected chi connectivity index (χ0v) is 11.1. The lowest BCUT2D eigenvalue weighted by atomic mass is 10.3. The number of benzene rings is 1. The Hall–Kier alpha value is -2.17. The van der Waals surface area contributed by atoms with Crippen molar-refractivity contribution in [2.24, 2.45) is 0 Å². The number of aromatic nitrogens is 4. The third-order valence-corrected chi connectivity index (χ3v) is 3.07. The van der Waals surface area contributed by atoms with Crippen LogP contribution in [0.15, 0.2) is 28.7 Å². The van der Waals surface area contributed by atoms with Crippen LogP contribution in [0.3, 0.4) is 0 Å². The molecule has 3 aromatic rings. The fourth-order valence-electron chi connectivity index (χ4n) is 2.25. The van der Waals surface area contributed by atoms with Gasteiger partial charge in [0.15, 0.2) is 0 Å². The molecule has 5 nitrogen and oxygen atoms in total. The van der Waals surface area contributed by atoms with E-state index in [4.69, 9.17) is 4.42 Å². The molecule has 0 saturated carbocycles. The SMILES string of the molecule is CCCc1nc2ccccc2n1Cc1nnc(C)o1. The van der Waals surface area contributed by atoms with Crippen LogP contribution >= 0.6 is 0 Å². The number of hydrogen-bond acceptors (Lipinski definition) is 4. The van der Waals surface area contributed by atoms with Crippen LogP contribution < -0.4 is 0 Å². The maximum absolute atomic E-state index is 5.47. The smallest absolute Gasteiger partial charge is 0.236 e. The van der Waals surface area contributed by atoms with Gasteiger partial charge in [0.05, 0.1) is 11.0 Å². The van der Waals surface area contributed by atoms with E-state index in [1.54, 1.807) is 6.92 Å². The van der Waals surface area contributed by atoms with E-state index in [1.807, 2.05) is 18.2 Å². The largest absolute Gasteiger partial charge is 0.424 e. The van der Waals surface area contributed by atoms with Crippen LogP contribution in [0.5, 0.6) is 0 Å². The topological polar surface area (TPSA) is 56.7 Å². The van der Waals surface area contributed by atoms with Gasteiger partial charge < -0.3 is 8.98 Å². The molecule has 0 radical (unpaired) electrons. The lowest BCUT2D eigenvalue weighted by molar-refractivity contribution is 0.453. The second kappa shape index (κ2) is 4.84. The normalized spacial score (nSPS) is 11.3. The molecule has 0 spiro atoms. The average molecular weight is 256 g/mol. The second-order valence-electron chi connectivity index (χ2n) is 4.57. The van der Waals surface area contributed by atoms with Crippen molar-refractivity contribution in [1.82, 2.24) is 19.7 Å². The Morgan fingerprint density at radius 1 is 1.21 bits per heavy atom. The van der Waals surface area contributed by atoms with Gasteiger partial charge in [0, 0.05) is 13.3 Å². The molecule has 1 aromatic carbocycles. The van der Waals surface area contributed by atoms with Crippen molar-refractivity contribution in [3.05, 3.63) is 41.9 Å². The summed E-state index contributed by atoms with van der Waals surface area (Å²) < 4.78 is 7.63. The summed E-state index contributed by atoms with van der Waals surface area (Å²) in [7, 11) is 0. The molecule has 0 bridgehead atoms. The molecule has 0 aliphatic carbocycles. The Labute approximate surface area is 111 Å². The molecule has 2 aromatic heterocycles. The Morgan fingerprint density at radius 2 is 2.05 bits per heavy atom. The van der Waals surface area contributed by atoms with Gasteiger partial charge >= 0.3 is 0 Å². The molecule has 0 fully saturated rings. The predicted molar refractivity (Wildman–Crippen MR) is 71.9 cm³/mol. The Balaban J connectivity index is 2.06. The molecule has 98 valence electrons. The lowest BCUT2D eigenvalue weighted by Crippen LogP contribution is -2.05. The van der Waals surface area contributed by atoms with Crippen molar-refractivity contribution >= 4 is 11.0 Å². The fourth-order valence-corrected chi connectivity index (χ4v) is 2.25. The van der Waals surface area contributed by atoms with Crippen molar-refractivity contribution in [3.63, 3.8) is 0 Å². The summed E-state index contributed by atoms with van der Waals surface area (Å²) in [5.41, 5.74) is 2.13. The zero-order valence-electron chi connectivity index (χ0n) is 11.1. The van der Waals surface area contributed by atoms with E-state index in [2.05, 4.69) is 32.7 Å². The maximum Gasteiger partial charge on any atom is 0.236 e. The first-order chi connectivity index (χ1) is 9.28. The molecular formula is C14H16N4O. The first-order valence-corrected chi connectivity index (χ1v) is 6.51. The van der Waals surface area contributed by atoms with Crippen LogP contribution in [-0.4, -0.2) is 19.7 Å². The summed E-state index contributed by atoms with van der Waals surface area (Å²) in [5, 5.41) is 7.94. The second-order valence-corrected chi connectivity index (χ2v) is 4.57. The molecule has 0 atom stereocenters. The Morgan fingerprint density at radius 3 is 2.79 bits per heavy atom. The van der Waals surface area contributed by atoms with Gasteiger partial charge in [-0.05, 0) is 18.6 Å². The van der Waals surface area contributed by atoms with Crippen LogP contribution in [-0.2, 0) is 13.0 Å². The summed E-state index contributed by atoms with van der Waals surface area (Å²) in [6, 6.07) is 8.14. The molecule has 0 saturated heterocycles.